The van der Waals surface area contributed by atoms with Crippen molar-refractivity contribution in [1.29, 1.82) is 0 Å². The van der Waals surface area contributed by atoms with Gasteiger partial charge in [0.2, 0.25) is 0 Å². The van der Waals surface area contributed by atoms with Gasteiger partial charge in [0.15, 0.2) is 5.78 Å². The van der Waals surface area contributed by atoms with Crippen molar-refractivity contribution in [3.8, 4) is 23.0 Å². The van der Waals surface area contributed by atoms with Crippen LogP contribution in [0, 0.1) is 0 Å². The monoisotopic (exact) mass is 370 g/mol. The molecule has 2 aromatic rings. The van der Waals surface area contributed by atoms with Crippen molar-refractivity contribution in [2.45, 2.75) is 20.8 Å². The van der Waals surface area contributed by atoms with Gasteiger partial charge in [-0.2, -0.15) is 0 Å². The van der Waals surface area contributed by atoms with Gasteiger partial charge in [0.25, 0.3) is 0 Å². The second-order valence-corrected chi connectivity index (χ2v) is 5.56. The van der Waals surface area contributed by atoms with Crippen LogP contribution in [0.5, 0.6) is 23.0 Å². The Morgan fingerprint density at radius 3 is 2.15 bits per heavy atom. The van der Waals surface area contributed by atoms with E-state index in [1.54, 1.807) is 31.4 Å². The van der Waals surface area contributed by atoms with E-state index in [9.17, 15) is 4.79 Å². The Kier molecular flexibility index (Phi) is 7.74. The molecule has 5 heteroatoms. The van der Waals surface area contributed by atoms with Crippen molar-refractivity contribution < 1.29 is 23.7 Å². The Morgan fingerprint density at radius 1 is 0.852 bits per heavy atom. The first-order valence-electron chi connectivity index (χ1n) is 9.05. The number of ether oxygens (including phenoxy) is 4. The maximum absolute atomic E-state index is 12.7. The zero-order valence-electron chi connectivity index (χ0n) is 16.3. The molecule has 0 spiro atoms. The molecule has 0 amide bonds. The van der Waals surface area contributed by atoms with E-state index in [2.05, 4.69) is 0 Å². The highest BCUT2D eigenvalue weighted by Gasteiger charge is 2.12. The number of hydrogen-bond donors (Lipinski definition) is 0. The minimum Gasteiger partial charge on any atom is -0.497 e. The van der Waals surface area contributed by atoms with Crippen LogP contribution >= 0.6 is 0 Å². The fourth-order valence-electron chi connectivity index (χ4n) is 2.55. The molecule has 0 aromatic heterocycles. The van der Waals surface area contributed by atoms with E-state index in [0.717, 1.165) is 11.3 Å². The van der Waals surface area contributed by atoms with E-state index in [1.165, 1.54) is 6.08 Å². The standard InChI is InChI=1S/C22H26O5/c1-5-25-18-10-8-16(21(15-18)26-6-2)9-13-20(23)19-12-11-17(24-4)14-22(19)27-7-3/h8-15H,5-7H2,1-4H3. The molecule has 0 heterocycles. The highest BCUT2D eigenvalue weighted by atomic mass is 16.5. The first kappa shape index (κ1) is 20.4. The number of rotatable bonds is 10. The van der Waals surface area contributed by atoms with E-state index >= 15 is 0 Å². The zero-order chi connectivity index (χ0) is 19.6. The average Bonchev–Trinajstić information content (AvgIpc) is 2.68. The highest BCUT2D eigenvalue weighted by molar-refractivity contribution is 6.08. The molecule has 0 bridgehead atoms. The normalized spacial score (nSPS) is 10.7. The fourth-order valence-corrected chi connectivity index (χ4v) is 2.55. The molecule has 0 atom stereocenters. The Bertz CT molecular complexity index is 795. The number of hydrogen-bond acceptors (Lipinski definition) is 5. The summed E-state index contributed by atoms with van der Waals surface area (Å²) in [5, 5.41) is 0. The number of allylic oxidation sites excluding steroid dienone is 1. The van der Waals surface area contributed by atoms with Crippen LogP contribution in [0.15, 0.2) is 42.5 Å². The molecule has 0 aliphatic carbocycles. The predicted octanol–water partition coefficient (Wildman–Crippen LogP) is 4.79. The summed E-state index contributed by atoms with van der Waals surface area (Å²) in [6.07, 6.45) is 3.26. The van der Waals surface area contributed by atoms with Gasteiger partial charge >= 0.3 is 0 Å². The number of carbonyl (C=O) groups is 1. The average molecular weight is 370 g/mol. The zero-order valence-corrected chi connectivity index (χ0v) is 16.3. The maximum Gasteiger partial charge on any atom is 0.189 e. The van der Waals surface area contributed by atoms with Crippen molar-refractivity contribution in [3.05, 3.63) is 53.6 Å². The van der Waals surface area contributed by atoms with Crippen LogP contribution in [-0.2, 0) is 0 Å². The predicted molar refractivity (Wildman–Crippen MR) is 106 cm³/mol. The van der Waals surface area contributed by atoms with E-state index in [-0.39, 0.29) is 5.78 Å². The second-order valence-electron chi connectivity index (χ2n) is 5.56. The molecule has 0 N–H and O–H groups in total. The largest absolute Gasteiger partial charge is 0.497 e. The molecule has 0 aliphatic heterocycles. The lowest BCUT2D eigenvalue weighted by Gasteiger charge is -2.11. The van der Waals surface area contributed by atoms with Gasteiger partial charge in [-0.05, 0) is 57.2 Å². The molecule has 2 aromatic carbocycles. The third-order valence-electron chi connectivity index (χ3n) is 3.76. The van der Waals surface area contributed by atoms with Crippen LogP contribution in [0.2, 0.25) is 0 Å². The topological polar surface area (TPSA) is 54.0 Å². The number of methoxy groups -OCH3 is 1. The van der Waals surface area contributed by atoms with Gasteiger partial charge in [-0.3, -0.25) is 4.79 Å². The van der Waals surface area contributed by atoms with Gasteiger partial charge in [0.1, 0.15) is 23.0 Å². The molecule has 5 nitrogen and oxygen atoms in total. The molecule has 0 unspecified atom stereocenters. The summed E-state index contributed by atoms with van der Waals surface area (Å²) in [4.78, 5) is 12.7. The molecular formula is C22H26O5. The first-order chi connectivity index (χ1) is 13.1. The molecule has 2 rings (SSSR count). The Balaban J connectivity index is 2.28. The number of benzene rings is 2. The maximum atomic E-state index is 12.7. The molecule has 0 fully saturated rings. The summed E-state index contributed by atoms with van der Waals surface area (Å²) in [5.41, 5.74) is 1.29. The molecule has 144 valence electrons. The molecule has 0 saturated carbocycles. The summed E-state index contributed by atoms with van der Waals surface area (Å²) in [6.45, 7) is 7.28. The minimum atomic E-state index is -0.155. The Morgan fingerprint density at radius 2 is 1.48 bits per heavy atom. The van der Waals surface area contributed by atoms with Crippen LogP contribution in [0.25, 0.3) is 6.08 Å². The van der Waals surface area contributed by atoms with Gasteiger partial charge in [0.05, 0.1) is 32.5 Å². The summed E-state index contributed by atoms with van der Waals surface area (Å²) >= 11 is 0. The molecule has 0 aliphatic rings. The van der Waals surface area contributed by atoms with Crippen molar-refractivity contribution in [1.82, 2.24) is 0 Å². The lowest BCUT2D eigenvalue weighted by atomic mass is 10.1. The van der Waals surface area contributed by atoms with Crippen molar-refractivity contribution in [2.75, 3.05) is 26.9 Å². The quantitative estimate of drug-likeness (QED) is 0.445. The molecular weight excluding hydrogens is 344 g/mol. The minimum absolute atomic E-state index is 0.155. The highest BCUT2D eigenvalue weighted by Crippen LogP contribution is 2.28. The summed E-state index contributed by atoms with van der Waals surface area (Å²) in [6, 6.07) is 10.7. The van der Waals surface area contributed by atoms with E-state index in [4.69, 9.17) is 18.9 Å². The van der Waals surface area contributed by atoms with E-state index in [1.807, 2.05) is 39.0 Å². The van der Waals surface area contributed by atoms with Gasteiger partial charge in [-0.15, -0.1) is 0 Å². The van der Waals surface area contributed by atoms with Crippen LogP contribution < -0.4 is 18.9 Å². The third-order valence-corrected chi connectivity index (χ3v) is 3.76. The van der Waals surface area contributed by atoms with Crippen LogP contribution in [0.1, 0.15) is 36.7 Å². The van der Waals surface area contributed by atoms with E-state index < -0.39 is 0 Å². The van der Waals surface area contributed by atoms with Crippen molar-refractivity contribution >= 4 is 11.9 Å². The molecule has 0 radical (unpaired) electrons. The lowest BCUT2D eigenvalue weighted by Crippen LogP contribution is -2.02. The molecule has 0 saturated heterocycles. The van der Waals surface area contributed by atoms with Crippen LogP contribution in [0.4, 0.5) is 0 Å². The van der Waals surface area contributed by atoms with Crippen LogP contribution in [-0.4, -0.2) is 32.7 Å². The summed E-state index contributed by atoms with van der Waals surface area (Å²) in [5.74, 6) is 2.40. The van der Waals surface area contributed by atoms with Crippen LogP contribution in [0.3, 0.4) is 0 Å². The SMILES string of the molecule is CCOc1ccc(C=CC(=O)c2ccc(OC)cc2OCC)c(OCC)c1. The Labute approximate surface area is 160 Å². The van der Waals surface area contributed by atoms with E-state index in [0.29, 0.717) is 42.6 Å². The smallest absolute Gasteiger partial charge is 0.189 e. The number of carbonyl (C=O) groups excluding carboxylic acids is 1. The lowest BCUT2D eigenvalue weighted by molar-refractivity contribution is 0.104. The Hall–Kier alpha value is -2.95. The first-order valence-corrected chi connectivity index (χ1v) is 9.05. The fraction of sp³-hybridized carbons (Fsp3) is 0.318. The second kappa shape index (κ2) is 10.3. The van der Waals surface area contributed by atoms with Gasteiger partial charge in [0, 0.05) is 17.7 Å². The summed E-state index contributed by atoms with van der Waals surface area (Å²) < 4.78 is 22.0. The number of ketones is 1. The van der Waals surface area contributed by atoms with Gasteiger partial charge in [-0.1, -0.05) is 0 Å². The third kappa shape index (κ3) is 5.51. The van der Waals surface area contributed by atoms with Gasteiger partial charge < -0.3 is 18.9 Å². The summed E-state index contributed by atoms with van der Waals surface area (Å²) in [7, 11) is 1.58. The molecule has 27 heavy (non-hydrogen) atoms. The van der Waals surface area contributed by atoms with Crippen molar-refractivity contribution in [2.24, 2.45) is 0 Å². The van der Waals surface area contributed by atoms with Crippen molar-refractivity contribution in [3.63, 3.8) is 0 Å². The van der Waals surface area contributed by atoms with Gasteiger partial charge in [-0.25, -0.2) is 0 Å².